The van der Waals surface area contributed by atoms with E-state index in [1.807, 2.05) is 0 Å². The van der Waals surface area contributed by atoms with Gasteiger partial charge >= 0.3 is 0 Å². The summed E-state index contributed by atoms with van der Waals surface area (Å²) in [4.78, 5) is 2.46. The lowest BCUT2D eigenvalue weighted by Gasteiger charge is -2.30. The van der Waals surface area contributed by atoms with Gasteiger partial charge in [0.05, 0.1) is 6.10 Å². The minimum atomic E-state index is -0.0192. The molecular formula is C11H23NO. The third-order valence-electron chi connectivity index (χ3n) is 3.17. The Labute approximate surface area is 81.9 Å². The summed E-state index contributed by atoms with van der Waals surface area (Å²) in [7, 11) is 0. The van der Waals surface area contributed by atoms with Crippen LogP contribution >= 0.6 is 0 Å². The van der Waals surface area contributed by atoms with Gasteiger partial charge in [0.2, 0.25) is 0 Å². The van der Waals surface area contributed by atoms with Crippen LogP contribution in [0.4, 0.5) is 0 Å². The summed E-state index contributed by atoms with van der Waals surface area (Å²) in [6, 6.07) is 0. The molecule has 0 aromatic carbocycles. The van der Waals surface area contributed by atoms with Crippen molar-refractivity contribution < 1.29 is 5.11 Å². The van der Waals surface area contributed by atoms with E-state index >= 15 is 0 Å². The summed E-state index contributed by atoms with van der Waals surface area (Å²) in [6.07, 6.45) is 4.56. The zero-order valence-electron chi connectivity index (χ0n) is 9.00. The first-order valence-electron chi connectivity index (χ1n) is 5.66. The van der Waals surface area contributed by atoms with Gasteiger partial charge in [-0.1, -0.05) is 20.3 Å². The third-order valence-corrected chi connectivity index (χ3v) is 3.17. The standard InChI is InChI=1S/C11H23NO/c1-3-12(4-2)9-10-6-5-7-11(13)8-10/h10-11,13H,3-9H2,1-2H3. The van der Waals surface area contributed by atoms with E-state index < -0.39 is 0 Å². The van der Waals surface area contributed by atoms with Crippen molar-refractivity contribution in [2.45, 2.75) is 45.6 Å². The smallest absolute Gasteiger partial charge is 0.0543 e. The Bertz CT molecular complexity index is 134. The molecule has 78 valence electrons. The molecule has 0 saturated heterocycles. The van der Waals surface area contributed by atoms with Crippen LogP contribution in [0.5, 0.6) is 0 Å². The van der Waals surface area contributed by atoms with E-state index in [2.05, 4.69) is 18.7 Å². The summed E-state index contributed by atoms with van der Waals surface area (Å²) in [5.74, 6) is 0.739. The minimum absolute atomic E-state index is 0.0192. The normalized spacial score (nSPS) is 29.5. The Morgan fingerprint density at radius 3 is 2.46 bits per heavy atom. The topological polar surface area (TPSA) is 23.5 Å². The van der Waals surface area contributed by atoms with Gasteiger partial charge in [-0.2, -0.15) is 0 Å². The van der Waals surface area contributed by atoms with Gasteiger partial charge in [-0.05, 0) is 38.3 Å². The molecule has 1 fully saturated rings. The van der Waals surface area contributed by atoms with E-state index in [9.17, 15) is 5.11 Å². The molecule has 2 nitrogen and oxygen atoms in total. The number of nitrogens with zero attached hydrogens (tertiary/aromatic N) is 1. The minimum Gasteiger partial charge on any atom is -0.393 e. The summed E-state index contributed by atoms with van der Waals surface area (Å²) >= 11 is 0. The number of hydrogen-bond acceptors (Lipinski definition) is 2. The Morgan fingerprint density at radius 1 is 1.23 bits per heavy atom. The molecule has 0 aromatic rings. The predicted octanol–water partition coefficient (Wildman–Crippen LogP) is 1.88. The van der Waals surface area contributed by atoms with Gasteiger partial charge in [0.25, 0.3) is 0 Å². The van der Waals surface area contributed by atoms with Crippen molar-refractivity contribution in [3.63, 3.8) is 0 Å². The molecule has 1 N–H and O–H groups in total. The fraction of sp³-hybridized carbons (Fsp3) is 1.00. The molecule has 0 aromatic heterocycles. The molecule has 0 heterocycles. The number of rotatable bonds is 4. The lowest BCUT2D eigenvalue weighted by atomic mass is 9.87. The molecule has 1 saturated carbocycles. The van der Waals surface area contributed by atoms with Gasteiger partial charge in [-0.15, -0.1) is 0 Å². The van der Waals surface area contributed by atoms with Crippen molar-refractivity contribution in [1.82, 2.24) is 4.90 Å². The molecule has 2 unspecified atom stereocenters. The van der Waals surface area contributed by atoms with Gasteiger partial charge in [-0.25, -0.2) is 0 Å². The average molecular weight is 185 g/mol. The Morgan fingerprint density at radius 2 is 1.92 bits per heavy atom. The van der Waals surface area contributed by atoms with Crippen LogP contribution in [-0.2, 0) is 0 Å². The van der Waals surface area contributed by atoms with Crippen LogP contribution in [0, 0.1) is 5.92 Å². The highest BCUT2D eigenvalue weighted by Crippen LogP contribution is 2.24. The van der Waals surface area contributed by atoms with Crippen LogP contribution < -0.4 is 0 Å². The molecule has 0 amide bonds. The second-order valence-corrected chi connectivity index (χ2v) is 4.17. The van der Waals surface area contributed by atoms with Gasteiger partial charge in [-0.3, -0.25) is 0 Å². The molecule has 1 aliphatic rings. The van der Waals surface area contributed by atoms with Crippen LogP contribution in [0.3, 0.4) is 0 Å². The number of aliphatic hydroxyl groups is 1. The SMILES string of the molecule is CCN(CC)CC1CCCC(O)C1. The third kappa shape index (κ3) is 3.65. The number of aliphatic hydroxyl groups excluding tert-OH is 1. The maximum Gasteiger partial charge on any atom is 0.0543 e. The van der Waals surface area contributed by atoms with Crippen molar-refractivity contribution in [1.29, 1.82) is 0 Å². The van der Waals surface area contributed by atoms with E-state index in [-0.39, 0.29) is 6.10 Å². The molecule has 0 spiro atoms. The molecule has 2 heteroatoms. The summed E-state index contributed by atoms with van der Waals surface area (Å²) < 4.78 is 0. The lowest BCUT2D eigenvalue weighted by Crippen LogP contribution is -2.33. The van der Waals surface area contributed by atoms with Crippen LogP contribution in [0.1, 0.15) is 39.5 Å². The molecule has 0 aliphatic heterocycles. The fourth-order valence-electron chi connectivity index (χ4n) is 2.28. The number of hydrogen-bond donors (Lipinski definition) is 1. The van der Waals surface area contributed by atoms with E-state index in [1.165, 1.54) is 19.4 Å². The first-order valence-corrected chi connectivity index (χ1v) is 5.66. The van der Waals surface area contributed by atoms with Crippen LogP contribution in [-0.4, -0.2) is 35.7 Å². The Hall–Kier alpha value is -0.0800. The summed E-state index contributed by atoms with van der Waals surface area (Å²) in [5.41, 5.74) is 0. The Balaban J connectivity index is 2.26. The summed E-state index contributed by atoms with van der Waals surface area (Å²) in [5, 5.41) is 9.52. The molecule has 13 heavy (non-hydrogen) atoms. The largest absolute Gasteiger partial charge is 0.393 e. The highest BCUT2D eigenvalue weighted by molar-refractivity contribution is 4.74. The lowest BCUT2D eigenvalue weighted by molar-refractivity contribution is 0.0856. The maximum absolute atomic E-state index is 9.52. The molecule has 1 aliphatic carbocycles. The van der Waals surface area contributed by atoms with E-state index in [0.29, 0.717) is 0 Å². The highest BCUT2D eigenvalue weighted by Gasteiger charge is 2.21. The summed E-state index contributed by atoms with van der Waals surface area (Å²) in [6.45, 7) is 7.89. The maximum atomic E-state index is 9.52. The molecule has 1 rings (SSSR count). The quantitative estimate of drug-likeness (QED) is 0.723. The van der Waals surface area contributed by atoms with Crippen molar-refractivity contribution in [3.05, 3.63) is 0 Å². The van der Waals surface area contributed by atoms with Gasteiger partial charge in [0.1, 0.15) is 0 Å². The van der Waals surface area contributed by atoms with E-state index in [1.54, 1.807) is 0 Å². The fourth-order valence-corrected chi connectivity index (χ4v) is 2.28. The van der Waals surface area contributed by atoms with Crippen molar-refractivity contribution in [2.24, 2.45) is 5.92 Å². The van der Waals surface area contributed by atoms with Crippen LogP contribution in [0.25, 0.3) is 0 Å². The van der Waals surface area contributed by atoms with Crippen molar-refractivity contribution in [2.75, 3.05) is 19.6 Å². The van der Waals surface area contributed by atoms with Gasteiger partial charge < -0.3 is 10.0 Å². The molecule has 0 bridgehead atoms. The van der Waals surface area contributed by atoms with Gasteiger partial charge in [0, 0.05) is 6.54 Å². The molecular weight excluding hydrogens is 162 g/mol. The second kappa shape index (κ2) is 5.61. The van der Waals surface area contributed by atoms with E-state index in [0.717, 1.165) is 31.8 Å². The highest BCUT2D eigenvalue weighted by atomic mass is 16.3. The zero-order valence-corrected chi connectivity index (χ0v) is 9.00. The monoisotopic (exact) mass is 185 g/mol. The molecule has 2 atom stereocenters. The first-order chi connectivity index (χ1) is 6.26. The van der Waals surface area contributed by atoms with Crippen molar-refractivity contribution >= 4 is 0 Å². The van der Waals surface area contributed by atoms with Crippen molar-refractivity contribution in [3.8, 4) is 0 Å². The van der Waals surface area contributed by atoms with E-state index in [4.69, 9.17) is 0 Å². The van der Waals surface area contributed by atoms with Crippen LogP contribution in [0.15, 0.2) is 0 Å². The average Bonchev–Trinajstić information content (AvgIpc) is 2.14. The van der Waals surface area contributed by atoms with Crippen LogP contribution in [0.2, 0.25) is 0 Å². The Kier molecular flexibility index (Phi) is 4.74. The molecule has 0 radical (unpaired) electrons. The zero-order chi connectivity index (χ0) is 9.68. The first kappa shape index (κ1) is 11.0. The van der Waals surface area contributed by atoms with Gasteiger partial charge in [0.15, 0.2) is 0 Å². The predicted molar refractivity (Wildman–Crippen MR) is 55.8 cm³/mol. The second-order valence-electron chi connectivity index (χ2n) is 4.17.